The number of para-hydroxylation sites is 1. The van der Waals surface area contributed by atoms with Crippen molar-refractivity contribution in [2.75, 3.05) is 30.3 Å². The lowest BCUT2D eigenvalue weighted by Gasteiger charge is -2.19. The summed E-state index contributed by atoms with van der Waals surface area (Å²) in [5.74, 6) is -0.551. The number of aryl methyl sites for hydroxylation is 1. The first kappa shape index (κ1) is 26.0. The SMILES string of the molecule is CCN(CC)S(=O)(=O)c1ccc(C)c(NC(=O)COC(=O)c2ccccc2NCc2ccco2)c1. The molecule has 2 N–H and O–H groups in total. The molecule has 0 saturated heterocycles. The molecule has 1 heterocycles. The van der Waals surface area contributed by atoms with Gasteiger partial charge in [0.15, 0.2) is 6.61 Å². The third-order valence-electron chi connectivity index (χ3n) is 5.34. The second-order valence-electron chi connectivity index (χ2n) is 7.67. The molecule has 0 radical (unpaired) electrons. The summed E-state index contributed by atoms with van der Waals surface area (Å²) < 4.78 is 37.4. The van der Waals surface area contributed by atoms with Gasteiger partial charge in [0, 0.05) is 24.5 Å². The Kier molecular flexibility index (Phi) is 8.67. The molecule has 0 fully saturated rings. The molecule has 186 valence electrons. The summed E-state index contributed by atoms with van der Waals surface area (Å²) in [5, 5.41) is 5.75. The third-order valence-corrected chi connectivity index (χ3v) is 7.39. The minimum Gasteiger partial charge on any atom is -0.467 e. The number of ether oxygens (including phenoxy) is 1. The van der Waals surface area contributed by atoms with E-state index in [1.807, 2.05) is 6.07 Å². The van der Waals surface area contributed by atoms with Gasteiger partial charge in [0.2, 0.25) is 10.0 Å². The fraction of sp³-hybridized carbons (Fsp3) is 0.280. The Morgan fingerprint density at radius 2 is 1.74 bits per heavy atom. The maximum absolute atomic E-state index is 12.8. The zero-order valence-corrected chi connectivity index (χ0v) is 20.7. The second-order valence-corrected chi connectivity index (χ2v) is 9.61. The van der Waals surface area contributed by atoms with Crippen LogP contribution >= 0.6 is 0 Å². The lowest BCUT2D eigenvalue weighted by atomic mass is 10.2. The van der Waals surface area contributed by atoms with Crippen molar-refractivity contribution >= 4 is 33.3 Å². The molecule has 0 aliphatic heterocycles. The highest BCUT2D eigenvalue weighted by Gasteiger charge is 2.23. The molecule has 1 amide bonds. The van der Waals surface area contributed by atoms with E-state index in [9.17, 15) is 18.0 Å². The van der Waals surface area contributed by atoms with E-state index in [0.717, 1.165) is 0 Å². The summed E-state index contributed by atoms with van der Waals surface area (Å²) in [6.07, 6.45) is 1.56. The summed E-state index contributed by atoms with van der Waals surface area (Å²) >= 11 is 0. The van der Waals surface area contributed by atoms with Crippen molar-refractivity contribution in [3.8, 4) is 0 Å². The quantitative estimate of drug-likeness (QED) is 0.383. The molecule has 1 aromatic heterocycles. The number of furan rings is 1. The number of carbonyl (C=O) groups is 2. The Morgan fingerprint density at radius 1 is 1.00 bits per heavy atom. The minimum absolute atomic E-state index is 0.0793. The molecule has 0 unspecified atom stereocenters. The fourth-order valence-electron chi connectivity index (χ4n) is 3.41. The van der Waals surface area contributed by atoms with Gasteiger partial charge >= 0.3 is 5.97 Å². The molecule has 0 spiro atoms. The van der Waals surface area contributed by atoms with Crippen LogP contribution in [0.2, 0.25) is 0 Å². The van der Waals surface area contributed by atoms with Crippen molar-refractivity contribution in [1.82, 2.24) is 4.31 Å². The van der Waals surface area contributed by atoms with Crippen LogP contribution in [-0.4, -0.2) is 44.3 Å². The number of nitrogens with one attached hydrogen (secondary N) is 2. The van der Waals surface area contributed by atoms with E-state index in [1.165, 1.54) is 16.4 Å². The Balaban J connectivity index is 1.64. The van der Waals surface area contributed by atoms with Gasteiger partial charge in [-0.05, 0) is 48.9 Å². The van der Waals surface area contributed by atoms with Gasteiger partial charge in [-0.25, -0.2) is 13.2 Å². The molecule has 0 saturated carbocycles. The molecule has 0 aliphatic rings. The van der Waals surface area contributed by atoms with Crippen molar-refractivity contribution < 1.29 is 27.2 Å². The van der Waals surface area contributed by atoms with Crippen LogP contribution in [0.3, 0.4) is 0 Å². The van der Waals surface area contributed by atoms with E-state index < -0.39 is 28.5 Å². The molecule has 10 heteroatoms. The number of hydrogen-bond donors (Lipinski definition) is 2. The molecule has 0 aliphatic carbocycles. The highest BCUT2D eigenvalue weighted by atomic mass is 32.2. The fourth-order valence-corrected chi connectivity index (χ4v) is 4.90. The summed E-state index contributed by atoms with van der Waals surface area (Å²) in [6.45, 7) is 5.79. The minimum atomic E-state index is -3.68. The topological polar surface area (TPSA) is 118 Å². The van der Waals surface area contributed by atoms with Gasteiger partial charge in [-0.3, -0.25) is 4.79 Å². The first-order valence-electron chi connectivity index (χ1n) is 11.2. The number of benzene rings is 2. The van der Waals surface area contributed by atoms with E-state index in [4.69, 9.17) is 9.15 Å². The van der Waals surface area contributed by atoms with Gasteiger partial charge in [-0.2, -0.15) is 4.31 Å². The molecule has 0 bridgehead atoms. The first-order valence-corrected chi connectivity index (χ1v) is 12.6. The molecular weight excluding hydrogens is 470 g/mol. The van der Waals surface area contributed by atoms with Gasteiger partial charge in [-0.15, -0.1) is 0 Å². The Bertz CT molecular complexity index is 1270. The van der Waals surface area contributed by atoms with Crippen molar-refractivity contribution in [3.05, 3.63) is 77.7 Å². The number of hydrogen-bond acceptors (Lipinski definition) is 7. The highest BCUT2D eigenvalue weighted by molar-refractivity contribution is 7.89. The summed E-state index contributed by atoms with van der Waals surface area (Å²) in [7, 11) is -3.68. The predicted octanol–water partition coefficient (Wildman–Crippen LogP) is 4.03. The number of esters is 1. The normalized spacial score (nSPS) is 11.3. The standard InChI is InChI=1S/C25H29N3O6S/c1-4-28(5-2)35(31,32)20-13-12-18(3)23(15-20)27-24(29)17-34-25(30)21-10-6-7-11-22(21)26-16-19-9-8-14-33-19/h6-15,26H,4-5,16-17H2,1-3H3,(H,27,29). The number of rotatable bonds is 11. The smallest absolute Gasteiger partial charge is 0.340 e. The van der Waals surface area contributed by atoms with Gasteiger partial charge in [-0.1, -0.05) is 32.0 Å². The number of sulfonamides is 1. The van der Waals surface area contributed by atoms with Crippen LogP contribution in [0.1, 0.15) is 35.5 Å². The zero-order chi connectivity index (χ0) is 25.4. The molecule has 0 atom stereocenters. The van der Waals surface area contributed by atoms with Crippen LogP contribution in [0, 0.1) is 6.92 Å². The average molecular weight is 500 g/mol. The van der Waals surface area contributed by atoms with Crippen LogP contribution in [0.4, 0.5) is 11.4 Å². The van der Waals surface area contributed by atoms with Gasteiger partial charge in [0.05, 0.1) is 23.3 Å². The van der Waals surface area contributed by atoms with Crippen LogP contribution in [0.25, 0.3) is 0 Å². The Labute approximate surface area is 205 Å². The van der Waals surface area contributed by atoms with Gasteiger partial charge in [0.25, 0.3) is 5.91 Å². The molecular formula is C25H29N3O6S. The van der Waals surface area contributed by atoms with Crippen LogP contribution in [0.5, 0.6) is 0 Å². The first-order chi connectivity index (χ1) is 16.8. The number of nitrogens with zero attached hydrogens (tertiary/aromatic N) is 1. The maximum Gasteiger partial charge on any atom is 0.340 e. The average Bonchev–Trinajstić information content (AvgIpc) is 3.37. The van der Waals surface area contributed by atoms with Crippen molar-refractivity contribution in [3.63, 3.8) is 0 Å². The van der Waals surface area contributed by atoms with Crippen molar-refractivity contribution in [2.24, 2.45) is 0 Å². The zero-order valence-electron chi connectivity index (χ0n) is 19.9. The molecule has 9 nitrogen and oxygen atoms in total. The summed E-state index contributed by atoms with van der Waals surface area (Å²) in [6, 6.07) is 14.9. The van der Waals surface area contributed by atoms with Crippen molar-refractivity contribution in [2.45, 2.75) is 32.2 Å². The van der Waals surface area contributed by atoms with E-state index >= 15 is 0 Å². The summed E-state index contributed by atoms with van der Waals surface area (Å²) in [4.78, 5) is 25.2. The maximum atomic E-state index is 12.8. The van der Waals surface area contributed by atoms with E-state index in [2.05, 4.69) is 10.6 Å². The third kappa shape index (κ3) is 6.49. The number of anilines is 2. The van der Waals surface area contributed by atoms with Crippen LogP contribution in [0.15, 0.2) is 70.2 Å². The monoisotopic (exact) mass is 499 g/mol. The largest absolute Gasteiger partial charge is 0.467 e. The number of carbonyl (C=O) groups excluding carboxylic acids is 2. The predicted molar refractivity (Wildman–Crippen MR) is 133 cm³/mol. The highest BCUT2D eigenvalue weighted by Crippen LogP contribution is 2.23. The van der Waals surface area contributed by atoms with Crippen molar-refractivity contribution in [1.29, 1.82) is 0 Å². The van der Waals surface area contributed by atoms with E-state index in [-0.39, 0.29) is 10.5 Å². The molecule has 3 aromatic rings. The van der Waals surface area contributed by atoms with Gasteiger partial charge < -0.3 is 19.8 Å². The van der Waals surface area contributed by atoms with Crippen LogP contribution < -0.4 is 10.6 Å². The Morgan fingerprint density at radius 3 is 2.43 bits per heavy atom. The van der Waals surface area contributed by atoms with Gasteiger partial charge in [0.1, 0.15) is 5.76 Å². The Hall–Kier alpha value is -3.63. The van der Waals surface area contributed by atoms with E-state index in [0.29, 0.717) is 42.3 Å². The van der Waals surface area contributed by atoms with Crippen LogP contribution in [-0.2, 0) is 26.1 Å². The molecule has 2 aromatic carbocycles. The van der Waals surface area contributed by atoms with E-state index in [1.54, 1.807) is 63.4 Å². The summed E-state index contributed by atoms with van der Waals surface area (Å²) in [5.41, 5.74) is 1.82. The molecule has 3 rings (SSSR count). The number of amides is 1. The lowest BCUT2D eigenvalue weighted by molar-refractivity contribution is -0.119. The second kappa shape index (κ2) is 11.7. The lowest BCUT2D eigenvalue weighted by Crippen LogP contribution is -2.30. The molecule has 35 heavy (non-hydrogen) atoms.